The van der Waals surface area contributed by atoms with Crippen LogP contribution in [0.4, 0.5) is 0 Å². The van der Waals surface area contributed by atoms with E-state index in [1.54, 1.807) is 7.11 Å². The summed E-state index contributed by atoms with van der Waals surface area (Å²) >= 11 is 10.5. The molecule has 0 aromatic heterocycles. The van der Waals surface area contributed by atoms with Crippen LogP contribution in [-0.2, 0) is 6.42 Å². The van der Waals surface area contributed by atoms with Crippen molar-refractivity contribution in [3.8, 4) is 5.75 Å². The molecule has 0 fully saturated rings. The second kappa shape index (κ2) is 6.92. The van der Waals surface area contributed by atoms with E-state index in [4.69, 9.17) is 4.74 Å². The van der Waals surface area contributed by atoms with Crippen molar-refractivity contribution in [2.75, 3.05) is 17.8 Å². The van der Waals surface area contributed by atoms with Gasteiger partial charge in [-0.1, -0.05) is 37.9 Å². The van der Waals surface area contributed by atoms with Gasteiger partial charge in [0.15, 0.2) is 0 Å². The van der Waals surface area contributed by atoms with E-state index in [1.807, 2.05) is 6.07 Å². The van der Waals surface area contributed by atoms with Crippen LogP contribution in [0.5, 0.6) is 5.75 Å². The number of ether oxygens (including phenoxy) is 1. The third kappa shape index (κ3) is 4.08. The van der Waals surface area contributed by atoms with Crippen molar-refractivity contribution < 1.29 is 4.74 Å². The van der Waals surface area contributed by atoms with E-state index in [9.17, 15) is 0 Å². The van der Waals surface area contributed by atoms with Gasteiger partial charge in [-0.25, -0.2) is 0 Å². The normalized spacial score (nSPS) is 10.7. The van der Waals surface area contributed by atoms with Crippen LogP contribution >= 0.6 is 47.8 Å². The fourth-order valence-corrected chi connectivity index (χ4v) is 3.44. The second-order valence-corrected chi connectivity index (χ2v) is 5.50. The lowest BCUT2D eigenvalue weighted by Gasteiger charge is -2.11. The molecule has 0 aliphatic carbocycles. The molecule has 15 heavy (non-hydrogen) atoms. The Morgan fingerprint density at radius 3 is 2.40 bits per heavy atom. The molecule has 0 heterocycles. The van der Waals surface area contributed by atoms with E-state index < -0.39 is 0 Å². The van der Waals surface area contributed by atoms with E-state index in [0.717, 1.165) is 27.3 Å². The van der Waals surface area contributed by atoms with Crippen molar-refractivity contribution in [3.05, 3.63) is 28.2 Å². The van der Waals surface area contributed by atoms with E-state index in [0.29, 0.717) is 5.92 Å². The quantitative estimate of drug-likeness (QED) is 0.665. The number of benzene rings is 1. The topological polar surface area (TPSA) is 9.23 Å². The third-order valence-corrected chi connectivity index (χ3v) is 4.63. The number of rotatable bonds is 5. The van der Waals surface area contributed by atoms with Crippen molar-refractivity contribution in [2.45, 2.75) is 6.42 Å². The number of methoxy groups -OCH3 is 1. The summed E-state index contributed by atoms with van der Waals surface area (Å²) in [6, 6.07) is 6.23. The number of hydrogen-bond donors (Lipinski definition) is 0. The zero-order valence-corrected chi connectivity index (χ0v) is 13.2. The Bertz CT molecular complexity index is 311. The molecule has 0 aliphatic heterocycles. The fourth-order valence-electron chi connectivity index (χ4n) is 1.32. The van der Waals surface area contributed by atoms with Crippen LogP contribution in [0.3, 0.4) is 0 Å². The third-order valence-electron chi connectivity index (χ3n) is 2.18. The Kier molecular flexibility index (Phi) is 6.24. The second-order valence-electron chi connectivity index (χ2n) is 3.35. The first-order chi connectivity index (χ1) is 7.21. The molecular formula is C11H13Br3O. The minimum atomic E-state index is 0.630. The first-order valence-electron chi connectivity index (χ1n) is 4.65. The van der Waals surface area contributed by atoms with Gasteiger partial charge >= 0.3 is 0 Å². The Labute approximate surface area is 116 Å². The molecule has 0 spiro atoms. The smallest absolute Gasteiger partial charge is 0.133 e. The highest BCUT2D eigenvalue weighted by atomic mass is 79.9. The van der Waals surface area contributed by atoms with E-state index in [1.165, 1.54) is 5.56 Å². The van der Waals surface area contributed by atoms with Crippen molar-refractivity contribution in [1.29, 1.82) is 0 Å². The predicted octanol–water partition coefficient (Wildman–Crippen LogP) is 4.41. The average Bonchev–Trinajstić information content (AvgIpc) is 2.26. The monoisotopic (exact) mass is 398 g/mol. The minimum absolute atomic E-state index is 0.630. The molecule has 0 N–H and O–H groups in total. The molecule has 0 aliphatic rings. The number of halogens is 3. The minimum Gasteiger partial charge on any atom is -0.496 e. The summed E-state index contributed by atoms with van der Waals surface area (Å²) in [5, 5.41) is 2.03. The van der Waals surface area contributed by atoms with Gasteiger partial charge in [0.2, 0.25) is 0 Å². The molecule has 84 valence electrons. The van der Waals surface area contributed by atoms with Gasteiger partial charge in [0, 0.05) is 10.7 Å². The lowest BCUT2D eigenvalue weighted by Crippen LogP contribution is -2.07. The lowest BCUT2D eigenvalue weighted by molar-refractivity contribution is 0.412. The molecule has 0 saturated carbocycles. The Morgan fingerprint density at radius 2 is 1.93 bits per heavy atom. The van der Waals surface area contributed by atoms with Crippen molar-refractivity contribution >= 4 is 47.8 Å². The molecule has 1 nitrogen and oxygen atoms in total. The zero-order chi connectivity index (χ0) is 11.3. The maximum absolute atomic E-state index is 5.19. The van der Waals surface area contributed by atoms with Gasteiger partial charge in [0.25, 0.3) is 0 Å². The molecule has 1 aromatic rings. The fraction of sp³-hybridized carbons (Fsp3) is 0.455. The summed E-state index contributed by atoms with van der Waals surface area (Å²) in [6.07, 6.45) is 1.07. The SMILES string of the molecule is COc1ccc(CC(CBr)CBr)cc1Br. The summed E-state index contributed by atoms with van der Waals surface area (Å²) < 4.78 is 6.21. The van der Waals surface area contributed by atoms with Crippen LogP contribution in [0.2, 0.25) is 0 Å². The molecule has 1 rings (SSSR count). The van der Waals surface area contributed by atoms with Gasteiger partial charge in [-0.3, -0.25) is 0 Å². The maximum Gasteiger partial charge on any atom is 0.133 e. The molecule has 0 radical (unpaired) electrons. The first kappa shape index (κ1) is 13.5. The van der Waals surface area contributed by atoms with Gasteiger partial charge in [-0.2, -0.15) is 0 Å². The van der Waals surface area contributed by atoms with Crippen LogP contribution in [-0.4, -0.2) is 17.8 Å². The average molecular weight is 401 g/mol. The predicted molar refractivity (Wildman–Crippen MR) is 75.5 cm³/mol. The standard InChI is InChI=1S/C11H13Br3O/c1-15-11-3-2-8(5-10(11)14)4-9(6-12)7-13/h2-3,5,9H,4,6-7H2,1H3. The van der Waals surface area contributed by atoms with Crippen LogP contribution < -0.4 is 4.74 Å². The largest absolute Gasteiger partial charge is 0.496 e. The van der Waals surface area contributed by atoms with Crippen molar-refractivity contribution in [1.82, 2.24) is 0 Å². The first-order valence-corrected chi connectivity index (χ1v) is 7.69. The molecule has 0 bridgehead atoms. The van der Waals surface area contributed by atoms with Crippen molar-refractivity contribution in [3.63, 3.8) is 0 Å². The highest BCUT2D eigenvalue weighted by Crippen LogP contribution is 2.27. The molecule has 0 atom stereocenters. The van der Waals surface area contributed by atoms with Gasteiger partial charge in [0.05, 0.1) is 11.6 Å². The Balaban J connectivity index is 2.74. The zero-order valence-electron chi connectivity index (χ0n) is 8.47. The van der Waals surface area contributed by atoms with Crippen LogP contribution in [0.25, 0.3) is 0 Å². The van der Waals surface area contributed by atoms with Crippen molar-refractivity contribution in [2.24, 2.45) is 5.92 Å². The van der Waals surface area contributed by atoms with E-state index in [2.05, 4.69) is 59.9 Å². The molecule has 0 amide bonds. The van der Waals surface area contributed by atoms with Gasteiger partial charge < -0.3 is 4.74 Å². The molecular weight excluding hydrogens is 388 g/mol. The molecule has 0 saturated heterocycles. The molecule has 4 heteroatoms. The van der Waals surface area contributed by atoms with Gasteiger partial charge in [-0.15, -0.1) is 0 Å². The summed E-state index contributed by atoms with van der Waals surface area (Å²) in [5.41, 5.74) is 1.33. The van der Waals surface area contributed by atoms with Gasteiger partial charge in [0.1, 0.15) is 5.75 Å². The van der Waals surface area contributed by atoms with Crippen LogP contribution in [0.1, 0.15) is 5.56 Å². The summed E-state index contributed by atoms with van der Waals surface area (Å²) in [7, 11) is 1.68. The summed E-state index contributed by atoms with van der Waals surface area (Å²) in [6.45, 7) is 0. The lowest BCUT2D eigenvalue weighted by atomic mass is 10.0. The molecule has 0 unspecified atom stereocenters. The van der Waals surface area contributed by atoms with E-state index in [-0.39, 0.29) is 0 Å². The van der Waals surface area contributed by atoms with Crippen LogP contribution in [0, 0.1) is 5.92 Å². The highest BCUT2D eigenvalue weighted by molar-refractivity contribution is 9.10. The number of hydrogen-bond acceptors (Lipinski definition) is 1. The van der Waals surface area contributed by atoms with E-state index >= 15 is 0 Å². The maximum atomic E-state index is 5.19. The Morgan fingerprint density at radius 1 is 1.27 bits per heavy atom. The Hall–Kier alpha value is 0.460. The van der Waals surface area contributed by atoms with Crippen LogP contribution in [0.15, 0.2) is 22.7 Å². The highest BCUT2D eigenvalue weighted by Gasteiger charge is 2.08. The summed E-state index contributed by atoms with van der Waals surface area (Å²) in [4.78, 5) is 0. The van der Waals surface area contributed by atoms with Gasteiger partial charge in [-0.05, 0) is 46.0 Å². The number of alkyl halides is 2. The molecule has 1 aromatic carbocycles. The summed E-state index contributed by atoms with van der Waals surface area (Å²) in [5.74, 6) is 1.51.